The van der Waals surface area contributed by atoms with Crippen LogP contribution in [0.3, 0.4) is 0 Å². The van der Waals surface area contributed by atoms with Gasteiger partial charge < -0.3 is 10.1 Å². The van der Waals surface area contributed by atoms with E-state index in [1.165, 1.54) is 10.5 Å². The van der Waals surface area contributed by atoms with E-state index in [-0.39, 0.29) is 0 Å². The van der Waals surface area contributed by atoms with Gasteiger partial charge in [0.1, 0.15) is 5.75 Å². The quantitative estimate of drug-likeness (QED) is 0.747. The Morgan fingerprint density at radius 1 is 1.46 bits per heavy atom. The highest BCUT2D eigenvalue weighted by molar-refractivity contribution is 7.98. The lowest BCUT2D eigenvalue weighted by molar-refractivity contribution is 0.408. The van der Waals surface area contributed by atoms with Gasteiger partial charge in [-0.05, 0) is 31.5 Å². The summed E-state index contributed by atoms with van der Waals surface area (Å²) in [6.07, 6.45) is 2.07. The van der Waals surface area contributed by atoms with Gasteiger partial charge >= 0.3 is 0 Å². The maximum absolute atomic E-state index is 5.25. The zero-order valence-electron chi connectivity index (χ0n) is 8.26. The van der Waals surface area contributed by atoms with Crippen LogP contribution >= 0.6 is 11.8 Å². The van der Waals surface area contributed by atoms with Crippen molar-refractivity contribution in [3.63, 3.8) is 0 Å². The molecule has 0 saturated carbocycles. The summed E-state index contributed by atoms with van der Waals surface area (Å²) in [6.45, 7) is 0.845. The van der Waals surface area contributed by atoms with Gasteiger partial charge in [-0.1, -0.05) is 0 Å². The molecule has 2 nitrogen and oxygen atoms in total. The molecule has 0 unspecified atom stereocenters. The van der Waals surface area contributed by atoms with Gasteiger partial charge in [0.25, 0.3) is 0 Å². The number of thioether (sulfide) groups is 1. The SMILES string of the molecule is CNCc1cc(SC)ccc1OC. The molecule has 0 heterocycles. The third-order valence-corrected chi connectivity index (χ3v) is 2.58. The lowest BCUT2D eigenvalue weighted by Crippen LogP contribution is -2.06. The maximum atomic E-state index is 5.25. The molecule has 13 heavy (non-hydrogen) atoms. The van der Waals surface area contributed by atoms with Gasteiger partial charge in [-0.15, -0.1) is 11.8 Å². The molecule has 0 fully saturated rings. The minimum atomic E-state index is 0.845. The van der Waals surface area contributed by atoms with E-state index >= 15 is 0 Å². The number of rotatable bonds is 4. The third-order valence-electron chi connectivity index (χ3n) is 1.85. The molecule has 1 aromatic carbocycles. The monoisotopic (exact) mass is 197 g/mol. The summed E-state index contributed by atoms with van der Waals surface area (Å²) in [7, 11) is 3.64. The minimum Gasteiger partial charge on any atom is -0.496 e. The molecule has 0 spiro atoms. The second-order valence-corrected chi connectivity index (χ2v) is 3.59. The van der Waals surface area contributed by atoms with E-state index in [1.807, 2.05) is 13.1 Å². The molecular formula is C10H15NOS. The standard InChI is InChI=1S/C10H15NOS/c1-11-7-8-6-9(13-3)4-5-10(8)12-2/h4-6,11H,7H2,1-3H3. The Labute approximate surface area is 83.7 Å². The number of hydrogen-bond donors (Lipinski definition) is 1. The summed E-state index contributed by atoms with van der Waals surface area (Å²) in [5.41, 5.74) is 1.21. The van der Waals surface area contributed by atoms with Crippen LogP contribution in [0.2, 0.25) is 0 Å². The first-order valence-electron chi connectivity index (χ1n) is 4.17. The minimum absolute atomic E-state index is 0.845. The Hall–Kier alpha value is -0.670. The lowest BCUT2D eigenvalue weighted by Gasteiger charge is -2.09. The Morgan fingerprint density at radius 3 is 2.77 bits per heavy atom. The summed E-state index contributed by atoms with van der Waals surface area (Å²) in [5.74, 6) is 0.951. The van der Waals surface area contributed by atoms with Crippen LogP contribution in [0.4, 0.5) is 0 Å². The van der Waals surface area contributed by atoms with Crippen molar-refractivity contribution < 1.29 is 4.74 Å². The summed E-state index contributed by atoms with van der Waals surface area (Å²) < 4.78 is 5.25. The predicted octanol–water partition coefficient (Wildman–Crippen LogP) is 2.14. The van der Waals surface area contributed by atoms with Crippen molar-refractivity contribution in [2.24, 2.45) is 0 Å². The van der Waals surface area contributed by atoms with Crippen molar-refractivity contribution in [1.82, 2.24) is 5.32 Å². The van der Waals surface area contributed by atoms with Crippen molar-refractivity contribution >= 4 is 11.8 Å². The summed E-state index contributed by atoms with van der Waals surface area (Å²) >= 11 is 1.74. The molecule has 0 radical (unpaired) electrons. The van der Waals surface area contributed by atoms with Gasteiger partial charge in [-0.2, -0.15) is 0 Å². The Balaban J connectivity index is 2.95. The predicted molar refractivity (Wildman–Crippen MR) is 57.5 cm³/mol. The molecule has 0 aliphatic carbocycles. The molecule has 0 amide bonds. The van der Waals surface area contributed by atoms with Gasteiger partial charge in [0, 0.05) is 17.0 Å². The van der Waals surface area contributed by atoms with Crippen LogP contribution in [0.15, 0.2) is 23.1 Å². The zero-order chi connectivity index (χ0) is 9.68. The van der Waals surface area contributed by atoms with Crippen LogP contribution in [0.25, 0.3) is 0 Å². The molecule has 1 aromatic rings. The molecule has 0 aromatic heterocycles. The van der Waals surface area contributed by atoms with Crippen LogP contribution < -0.4 is 10.1 Å². The van der Waals surface area contributed by atoms with Gasteiger partial charge in [0.15, 0.2) is 0 Å². The van der Waals surface area contributed by atoms with Gasteiger partial charge in [-0.25, -0.2) is 0 Å². The van der Waals surface area contributed by atoms with E-state index in [4.69, 9.17) is 4.74 Å². The van der Waals surface area contributed by atoms with Crippen molar-refractivity contribution in [3.8, 4) is 5.75 Å². The van der Waals surface area contributed by atoms with Gasteiger partial charge in [-0.3, -0.25) is 0 Å². The fourth-order valence-electron chi connectivity index (χ4n) is 1.21. The number of nitrogens with one attached hydrogen (secondary N) is 1. The molecule has 0 atom stereocenters. The topological polar surface area (TPSA) is 21.3 Å². The molecule has 0 aliphatic heterocycles. The fraction of sp³-hybridized carbons (Fsp3) is 0.400. The molecule has 0 saturated heterocycles. The molecular weight excluding hydrogens is 182 g/mol. The highest BCUT2D eigenvalue weighted by Gasteiger charge is 2.02. The Bertz CT molecular complexity index is 276. The number of benzene rings is 1. The highest BCUT2D eigenvalue weighted by Crippen LogP contribution is 2.24. The first-order valence-corrected chi connectivity index (χ1v) is 5.39. The van der Waals surface area contributed by atoms with Crippen LogP contribution in [0.1, 0.15) is 5.56 Å². The zero-order valence-corrected chi connectivity index (χ0v) is 9.07. The van der Waals surface area contributed by atoms with Crippen LogP contribution in [0.5, 0.6) is 5.75 Å². The van der Waals surface area contributed by atoms with Crippen molar-refractivity contribution in [1.29, 1.82) is 0 Å². The average Bonchev–Trinajstić information content (AvgIpc) is 2.18. The van der Waals surface area contributed by atoms with Crippen molar-refractivity contribution in [3.05, 3.63) is 23.8 Å². The Kier molecular flexibility index (Phi) is 4.12. The second kappa shape index (κ2) is 5.14. The first-order chi connectivity index (χ1) is 6.31. The largest absolute Gasteiger partial charge is 0.496 e. The maximum Gasteiger partial charge on any atom is 0.123 e. The summed E-state index contributed by atoms with van der Waals surface area (Å²) in [5, 5.41) is 3.12. The smallest absolute Gasteiger partial charge is 0.123 e. The van der Waals surface area contributed by atoms with Crippen molar-refractivity contribution in [2.75, 3.05) is 20.4 Å². The molecule has 0 aliphatic rings. The lowest BCUT2D eigenvalue weighted by atomic mass is 10.2. The van der Waals surface area contributed by atoms with Gasteiger partial charge in [0.05, 0.1) is 7.11 Å². The average molecular weight is 197 g/mol. The van der Waals surface area contributed by atoms with Crippen LogP contribution in [-0.4, -0.2) is 20.4 Å². The summed E-state index contributed by atoms with van der Waals surface area (Å²) in [6, 6.07) is 6.24. The molecule has 0 bridgehead atoms. The van der Waals surface area contributed by atoms with E-state index in [9.17, 15) is 0 Å². The third kappa shape index (κ3) is 2.64. The fourth-order valence-corrected chi connectivity index (χ4v) is 1.67. The number of methoxy groups -OCH3 is 1. The van der Waals surface area contributed by atoms with E-state index in [2.05, 4.69) is 23.7 Å². The molecule has 3 heteroatoms. The highest BCUT2D eigenvalue weighted by atomic mass is 32.2. The first kappa shape index (κ1) is 10.4. The molecule has 72 valence electrons. The number of hydrogen-bond acceptors (Lipinski definition) is 3. The Morgan fingerprint density at radius 2 is 2.23 bits per heavy atom. The van der Waals surface area contributed by atoms with Gasteiger partial charge in [0.2, 0.25) is 0 Å². The van der Waals surface area contributed by atoms with E-state index < -0.39 is 0 Å². The second-order valence-electron chi connectivity index (χ2n) is 2.71. The van der Waals surface area contributed by atoms with Crippen LogP contribution in [0, 0.1) is 0 Å². The van der Waals surface area contributed by atoms with Crippen LogP contribution in [-0.2, 0) is 6.54 Å². The van der Waals surface area contributed by atoms with E-state index in [0.717, 1.165) is 12.3 Å². The molecule has 1 rings (SSSR count). The van der Waals surface area contributed by atoms with E-state index in [1.54, 1.807) is 18.9 Å². The van der Waals surface area contributed by atoms with E-state index in [0.29, 0.717) is 0 Å². The summed E-state index contributed by atoms with van der Waals surface area (Å²) in [4.78, 5) is 1.27. The molecule has 1 N–H and O–H groups in total. The van der Waals surface area contributed by atoms with Crippen molar-refractivity contribution in [2.45, 2.75) is 11.4 Å². The normalized spacial score (nSPS) is 10.1. The number of ether oxygens (including phenoxy) is 1.